The first kappa shape index (κ1) is 17.5. The highest BCUT2D eigenvalue weighted by Crippen LogP contribution is 2.34. The molecule has 5 rings (SSSR count). The van der Waals surface area contributed by atoms with Gasteiger partial charge >= 0.3 is 6.03 Å². The predicted octanol–water partition coefficient (Wildman–Crippen LogP) is 2.04. The Hall–Kier alpha value is -2.64. The summed E-state index contributed by atoms with van der Waals surface area (Å²) in [7, 11) is 1.66. The van der Waals surface area contributed by atoms with E-state index in [0.717, 1.165) is 42.2 Å². The molecule has 2 aromatic rings. The number of pyridine rings is 1. The Morgan fingerprint density at radius 2 is 2.18 bits per heavy atom. The van der Waals surface area contributed by atoms with Crippen molar-refractivity contribution in [2.75, 3.05) is 31.6 Å². The number of hydrazine groups is 1. The van der Waals surface area contributed by atoms with Gasteiger partial charge in [-0.2, -0.15) is 0 Å². The number of rotatable bonds is 4. The molecule has 0 saturated carbocycles. The second-order valence-electron chi connectivity index (χ2n) is 7.69. The molecule has 1 aliphatic carbocycles. The van der Waals surface area contributed by atoms with E-state index in [0.29, 0.717) is 31.6 Å². The Morgan fingerprint density at radius 1 is 1.25 bits per heavy atom. The summed E-state index contributed by atoms with van der Waals surface area (Å²) in [6.07, 6.45) is 2.03. The van der Waals surface area contributed by atoms with Gasteiger partial charge in [0.1, 0.15) is 11.6 Å². The van der Waals surface area contributed by atoms with Crippen molar-refractivity contribution in [2.24, 2.45) is 0 Å². The number of hydrogen-bond acceptors (Lipinski definition) is 5. The summed E-state index contributed by atoms with van der Waals surface area (Å²) in [4.78, 5) is 21.5. The van der Waals surface area contributed by atoms with Crippen LogP contribution in [0.4, 0.5) is 10.6 Å². The number of fused-ring (bicyclic) bond motifs is 3. The van der Waals surface area contributed by atoms with E-state index in [4.69, 9.17) is 9.72 Å². The number of nitrogens with zero attached hydrogens (tertiary/aromatic N) is 3. The number of hydrogen-bond donors (Lipinski definition) is 2. The van der Waals surface area contributed by atoms with Gasteiger partial charge in [-0.1, -0.05) is 18.2 Å². The monoisotopic (exact) mass is 379 g/mol. The van der Waals surface area contributed by atoms with Crippen molar-refractivity contribution in [1.82, 2.24) is 20.7 Å². The zero-order valence-corrected chi connectivity index (χ0v) is 16.0. The van der Waals surface area contributed by atoms with Crippen molar-refractivity contribution in [1.29, 1.82) is 0 Å². The first-order valence-electron chi connectivity index (χ1n) is 9.90. The number of urea groups is 1. The quantitative estimate of drug-likeness (QED) is 0.851. The molecule has 7 nitrogen and oxygen atoms in total. The number of ether oxygens (including phenoxy) is 1. The van der Waals surface area contributed by atoms with Crippen LogP contribution in [0, 0.1) is 0 Å². The highest BCUT2D eigenvalue weighted by atomic mass is 16.5. The molecule has 3 aliphatic rings. The lowest BCUT2D eigenvalue weighted by Crippen LogP contribution is -2.35. The van der Waals surface area contributed by atoms with Gasteiger partial charge in [0.05, 0.1) is 7.11 Å². The average Bonchev–Trinajstić information content (AvgIpc) is 3.35. The first-order valence-corrected chi connectivity index (χ1v) is 9.90. The maximum atomic E-state index is 13.0. The number of aryl methyl sites for hydroxylation is 1. The Bertz CT molecular complexity index is 902. The lowest BCUT2D eigenvalue weighted by molar-refractivity contribution is 0.218. The molecule has 28 heavy (non-hydrogen) atoms. The Balaban J connectivity index is 1.33. The molecule has 2 fully saturated rings. The van der Waals surface area contributed by atoms with Gasteiger partial charge in [0.25, 0.3) is 0 Å². The summed E-state index contributed by atoms with van der Waals surface area (Å²) < 4.78 is 5.29. The van der Waals surface area contributed by atoms with Crippen molar-refractivity contribution in [3.8, 4) is 5.75 Å². The number of aromatic nitrogens is 1. The molecule has 2 amide bonds. The number of amides is 2. The SMILES string of the molecule is COc1cccc(CN2CCN(c3ccc4c(n3)CCC3NNCC43)C2=O)c1. The van der Waals surface area contributed by atoms with E-state index in [2.05, 4.69) is 16.9 Å². The van der Waals surface area contributed by atoms with E-state index in [-0.39, 0.29) is 6.03 Å². The van der Waals surface area contributed by atoms with Crippen molar-refractivity contribution in [3.05, 3.63) is 53.2 Å². The second-order valence-corrected chi connectivity index (χ2v) is 7.69. The van der Waals surface area contributed by atoms with Crippen molar-refractivity contribution in [2.45, 2.75) is 31.3 Å². The zero-order chi connectivity index (χ0) is 19.1. The van der Waals surface area contributed by atoms with Crippen LogP contribution in [-0.4, -0.2) is 48.7 Å². The third kappa shape index (κ3) is 3.00. The van der Waals surface area contributed by atoms with Crippen LogP contribution in [0.5, 0.6) is 5.75 Å². The molecule has 2 N–H and O–H groups in total. The minimum Gasteiger partial charge on any atom is -0.497 e. The van der Waals surface area contributed by atoms with Gasteiger partial charge in [-0.3, -0.25) is 15.8 Å². The van der Waals surface area contributed by atoms with Crippen LogP contribution in [0.15, 0.2) is 36.4 Å². The van der Waals surface area contributed by atoms with Crippen LogP contribution in [-0.2, 0) is 13.0 Å². The summed E-state index contributed by atoms with van der Waals surface area (Å²) in [6, 6.07) is 12.6. The summed E-state index contributed by atoms with van der Waals surface area (Å²) in [6.45, 7) is 2.89. The molecule has 3 heterocycles. The van der Waals surface area contributed by atoms with Crippen molar-refractivity contribution >= 4 is 11.8 Å². The van der Waals surface area contributed by atoms with E-state index >= 15 is 0 Å². The highest BCUT2D eigenvalue weighted by Gasteiger charge is 2.35. The van der Waals surface area contributed by atoms with Crippen LogP contribution < -0.4 is 20.5 Å². The summed E-state index contributed by atoms with van der Waals surface area (Å²) in [5.41, 5.74) is 10.1. The largest absolute Gasteiger partial charge is 0.497 e. The minimum absolute atomic E-state index is 0.0214. The van der Waals surface area contributed by atoms with Gasteiger partial charge in [-0.05, 0) is 42.2 Å². The smallest absolute Gasteiger partial charge is 0.326 e. The van der Waals surface area contributed by atoms with Crippen molar-refractivity contribution in [3.63, 3.8) is 0 Å². The lowest BCUT2D eigenvalue weighted by atomic mass is 9.83. The molecule has 0 bridgehead atoms. The fraction of sp³-hybridized carbons (Fsp3) is 0.429. The number of carbonyl (C=O) groups excluding carboxylic acids is 1. The number of anilines is 1. The molecule has 146 valence electrons. The highest BCUT2D eigenvalue weighted by molar-refractivity contribution is 5.93. The Labute approximate surface area is 164 Å². The molecular weight excluding hydrogens is 354 g/mol. The third-order valence-corrected chi connectivity index (χ3v) is 6.06. The first-order chi connectivity index (χ1) is 13.7. The van der Waals surface area contributed by atoms with Gasteiger partial charge < -0.3 is 9.64 Å². The van der Waals surface area contributed by atoms with Crippen LogP contribution >= 0.6 is 0 Å². The van der Waals surface area contributed by atoms with Gasteiger partial charge in [0, 0.05) is 43.8 Å². The van der Waals surface area contributed by atoms with E-state index in [1.54, 1.807) is 12.0 Å². The third-order valence-electron chi connectivity index (χ3n) is 6.06. The molecule has 7 heteroatoms. The molecule has 2 unspecified atom stereocenters. The Kier molecular flexibility index (Phi) is 4.41. The molecule has 0 spiro atoms. The molecule has 2 aliphatic heterocycles. The van der Waals surface area contributed by atoms with E-state index in [1.165, 1.54) is 5.56 Å². The van der Waals surface area contributed by atoms with Crippen LogP contribution in [0.25, 0.3) is 0 Å². The molecule has 1 aromatic heterocycles. The fourth-order valence-corrected chi connectivity index (χ4v) is 4.56. The Morgan fingerprint density at radius 3 is 3.07 bits per heavy atom. The lowest BCUT2D eigenvalue weighted by Gasteiger charge is -2.27. The topological polar surface area (TPSA) is 69.7 Å². The van der Waals surface area contributed by atoms with Crippen LogP contribution in [0.3, 0.4) is 0 Å². The minimum atomic E-state index is 0.0214. The van der Waals surface area contributed by atoms with E-state index in [1.807, 2.05) is 35.2 Å². The van der Waals surface area contributed by atoms with Gasteiger partial charge in [0.2, 0.25) is 0 Å². The summed E-state index contributed by atoms with van der Waals surface area (Å²) >= 11 is 0. The van der Waals surface area contributed by atoms with Gasteiger partial charge in [-0.15, -0.1) is 0 Å². The molecule has 2 atom stereocenters. The molecule has 1 aromatic carbocycles. The van der Waals surface area contributed by atoms with E-state index < -0.39 is 0 Å². The number of benzene rings is 1. The predicted molar refractivity (Wildman–Crippen MR) is 106 cm³/mol. The summed E-state index contributed by atoms with van der Waals surface area (Å²) in [5, 5.41) is 0. The second kappa shape index (κ2) is 7.07. The number of carbonyl (C=O) groups is 1. The standard InChI is InChI=1S/C21H25N5O2/c1-28-15-4-2-3-14(11-15)13-25-9-10-26(21(25)27)20-8-5-16-17-12-22-24-19(17)7-6-18(16)23-20/h2-5,8,11,17,19,22,24H,6-7,9-10,12-13H2,1H3. The van der Waals surface area contributed by atoms with Gasteiger partial charge in [-0.25, -0.2) is 9.78 Å². The summed E-state index contributed by atoms with van der Waals surface area (Å²) in [5.74, 6) is 2.06. The van der Waals surface area contributed by atoms with Crippen molar-refractivity contribution < 1.29 is 9.53 Å². The fourth-order valence-electron chi connectivity index (χ4n) is 4.56. The zero-order valence-electron chi connectivity index (χ0n) is 16.0. The number of methoxy groups -OCH3 is 1. The number of nitrogens with one attached hydrogen (secondary N) is 2. The maximum absolute atomic E-state index is 13.0. The van der Waals surface area contributed by atoms with E-state index in [9.17, 15) is 4.79 Å². The average molecular weight is 379 g/mol. The molecule has 2 saturated heterocycles. The molecule has 0 radical (unpaired) electrons. The maximum Gasteiger partial charge on any atom is 0.326 e. The van der Waals surface area contributed by atoms with Crippen LogP contribution in [0.1, 0.15) is 29.2 Å². The molecular formula is C21H25N5O2. The normalized spacial score (nSPS) is 23.7. The van der Waals surface area contributed by atoms with Gasteiger partial charge in [0.15, 0.2) is 0 Å². The van der Waals surface area contributed by atoms with Crippen LogP contribution in [0.2, 0.25) is 0 Å².